The number of hydrogen-bond acceptors (Lipinski definition) is 7. The average Bonchev–Trinajstić information content (AvgIpc) is 3.30. The van der Waals surface area contributed by atoms with Gasteiger partial charge in [-0.1, -0.05) is 23.4 Å². The summed E-state index contributed by atoms with van der Waals surface area (Å²) in [7, 11) is -2.62. The van der Waals surface area contributed by atoms with Crippen LogP contribution in [0.5, 0.6) is 0 Å². The zero-order valence-corrected chi connectivity index (χ0v) is 17.9. The minimum absolute atomic E-state index is 0.132. The van der Waals surface area contributed by atoms with Crippen LogP contribution in [-0.4, -0.2) is 36.6 Å². The van der Waals surface area contributed by atoms with Gasteiger partial charge in [-0.05, 0) is 53.9 Å². The molecule has 0 radical (unpaired) electrons. The highest BCUT2D eigenvalue weighted by Gasteiger charge is 2.46. The maximum absolute atomic E-state index is 15.0. The van der Waals surface area contributed by atoms with Crippen molar-refractivity contribution < 1.29 is 13.1 Å². The first kappa shape index (κ1) is 19.8. The molecule has 0 saturated carbocycles. The van der Waals surface area contributed by atoms with E-state index in [0.717, 1.165) is 16.0 Å². The van der Waals surface area contributed by atoms with Crippen LogP contribution in [0, 0.1) is 5.82 Å². The van der Waals surface area contributed by atoms with Crippen LogP contribution in [0.15, 0.2) is 46.2 Å². The lowest BCUT2D eigenvalue weighted by Gasteiger charge is -2.40. The minimum Gasteiger partial charge on any atom is -0.386 e. The largest absolute Gasteiger partial charge is 0.386 e. The van der Waals surface area contributed by atoms with Crippen LogP contribution in [0.25, 0.3) is 21.8 Å². The van der Waals surface area contributed by atoms with Gasteiger partial charge in [-0.3, -0.25) is 9.20 Å². The summed E-state index contributed by atoms with van der Waals surface area (Å²) in [5.41, 5.74) is 6.68. The molecule has 3 aromatic rings. The predicted molar refractivity (Wildman–Crippen MR) is 116 cm³/mol. The van der Waals surface area contributed by atoms with Crippen molar-refractivity contribution in [2.24, 2.45) is 10.7 Å². The molecule has 0 amide bonds. The number of amidine groups is 1. The van der Waals surface area contributed by atoms with Gasteiger partial charge in [0, 0.05) is 16.2 Å². The molecule has 0 fully saturated rings. The van der Waals surface area contributed by atoms with Gasteiger partial charge in [0.25, 0.3) is 0 Å². The quantitative estimate of drug-likeness (QED) is 0.637. The van der Waals surface area contributed by atoms with E-state index in [1.165, 1.54) is 23.8 Å². The summed E-state index contributed by atoms with van der Waals surface area (Å²) in [5, 5.41) is 3.84. The molecule has 0 bridgehead atoms. The van der Waals surface area contributed by atoms with Gasteiger partial charge in [0.1, 0.15) is 17.2 Å². The average molecular weight is 433 g/mol. The van der Waals surface area contributed by atoms with Crippen molar-refractivity contribution in [1.29, 1.82) is 0 Å². The number of aliphatic imine (C=N–C) groups is 1. The lowest BCUT2D eigenvalue weighted by atomic mass is 10.0. The molecule has 0 saturated heterocycles. The van der Waals surface area contributed by atoms with Gasteiger partial charge in [-0.25, -0.2) is 4.39 Å². The topological polar surface area (TPSA) is 94.4 Å². The van der Waals surface area contributed by atoms with E-state index in [9.17, 15) is 4.21 Å². The lowest BCUT2D eigenvalue weighted by molar-refractivity contribution is 0.419. The summed E-state index contributed by atoms with van der Waals surface area (Å²) in [6, 6.07) is 8.92. The molecular weight excluding hydrogens is 411 g/mol. The molecule has 0 aliphatic carbocycles. The van der Waals surface area contributed by atoms with E-state index in [1.807, 2.05) is 24.3 Å². The van der Waals surface area contributed by atoms with E-state index in [4.69, 9.17) is 10.3 Å². The molecule has 1 aliphatic heterocycles. The Bertz CT molecular complexity index is 1210. The summed E-state index contributed by atoms with van der Waals surface area (Å²) in [6.45, 7) is 5.29. The fourth-order valence-electron chi connectivity index (χ4n) is 3.36. The summed E-state index contributed by atoms with van der Waals surface area (Å²) in [5.74, 6) is 4.34. The molecule has 1 aliphatic rings. The number of nitrogens with zero attached hydrogens (tertiary/aromatic N) is 3. The standard InChI is InChI=1S/C20H21FN4O2S2/c1-19(2)18(22)24-20(3,10-29(19,4)26)16-14(21)9-15(28-16)12-6-5-7-13(8-12)17-23-11-27-25-17/h5-9,11H,4,10H2,1-3H3,(H2,22,24)/t20-,29?/m0/s1. The molecule has 152 valence electrons. The molecule has 2 N–H and O–H groups in total. The third-order valence-corrected chi connectivity index (χ3v) is 9.88. The third kappa shape index (κ3) is 3.18. The van der Waals surface area contributed by atoms with Crippen molar-refractivity contribution in [2.75, 3.05) is 5.75 Å². The van der Waals surface area contributed by atoms with E-state index in [1.54, 1.807) is 20.8 Å². The molecule has 1 aromatic carbocycles. The van der Waals surface area contributed by atoms with Gasteiger partial charge in [-0.2, -0.15) is 4.98 Å². The Morgan fingerprint density at radius 2 is 2.00 bits per heavy atom. The lowest BCUT2D eigenvalue weighted by Crippen LogP contribution is -2.54. The second kappa shape index (κ2) is 6.50. The minimum atomic E-state index is -2.62. The van der Waals surface area contributed by atoms with Crippen molar-refractivity contribution in [3.05, 3.63) is 47.4 Å². The number of benzene rings is 1. The van der Waals surface area contributed by atoms with Crippen molar-refractivity contribution in [3.8, 4) is 21.8 Å². The number of thiophene rings is 1. The molecule has 2 atom stereocenters. The second-order valence-corrected chi connectivity index (χ2v) is 11.8. The fourth-order valence-corrected chi connectivity index (χ4v) is 6.48. The van der Waals surface area contributed by atoms with Crippen molar-refractivity contribution >= 4 is 32.6 Å². The highest BCUT2D eigenvalue weighted by Crippen LogP contribution is 2.43. The van der Waals surface area contributed by atoms with Crippen LogP contribution in [-0.2, 0) is 15.1 Å². The Labute approximate surface area is 172 Å². The molecule has 29 heavy (non-hydrogen) atoms. The fraction of sp³-hybridized carbons (Fsp3) is 0.300. The van der Waals surface area contributed by atoms with E-state index in [0.29, 0.717) is 10.7 Å². The maximum atomic E-state index is 15.0. The SMILES string of the molecule is C=S1(=O)C[C@@](C)(c2sc(-c3cccc(-c4ncon4)c3)cc2F)N=C(N)C1(C)C. The Hall–Kier alpha value is -2.52. The zero-order chi connectivity index (χ0) is 21.0. The highest BCUT2D eigenvalue weighted by molar-refractivity contribution is 8.02. The van der Waals surface area contributed by atoms with Crippen LogP contribution in [0.2, 0.25) is 0 Å². The Kier molecular flexibility index (Phi) is 4.43. The Morgan fingerprint density at radius 1 is 1.28 bits per heavy atom. The summed E-state index contributed by atoms with van der Waals surface area (Å²) in [4.78, 5) is 9.74. The first-order chi connectivity index (χ1) is 13.5. The van der Waals surface area contributed by atoms with Crippen LogP contribution in [0.3, 0.4) is 0 Å². The molecular formula is C20H21FN4O2S2. The van der Waals surface area contributed by atoms with Gasteiger partial charge in [0.05, 0.1) is 9.62 Å². The number of aromatic nitrogens is 2. The van der Waals surface area contributed by atoms with E-state index < -0.39 is 25.6 Å². The highest BCUT2D eigenvalue weighted by atomic mass is 32.2. The number of nitrogens with two attached hydrogens (primary N) is 1. The van der Waals surface area contributed by atoms with Gasteiger partial charge in [-0.15, -0.1) is 11.3 Å². The monoisotopic (exact) mass is 432 g/mol. The van der Waals surface area contributed by atoms with Crippen LogP contribution in [0.4, 0.5) is 4.39 Å². The summed E-state index contributed by atoms with van der Waals surface area (Å²) in [6.07, 6.45) is 1.26. The van der Waals surface area contributed by atoms with Gasteiger partial charge < -0.3 is 10.3 Å². The molecule has 3 heterocycles. The van der Waals surface area contributed by atoms with Crippen LogP contribution >= 0.6 is 11.3 Å². The third-order valence-electron chi connectivity index (χ3n) is 5.37. The zero-order valence-electron chi connectivity index (χ0n) is 16.3. The van der Waals surface area contributed by atoms with Crippen LogP contribution in [0.1, 0.15) is 25.6 Å². The van der Waals surface area contributed by atoms with E-state index >= 15 is 4.39 Å². The first-order valence-electron chi connectivity index (χ1n) is 8.91. The molecule has 4 rings (SSSR count). The normalized spacial score (nSPS) is 26.3. The van der Waals surface area contributed by atoms with Crippen molar-refractivity contribution in [3.63, 3.8) is 0 Å². The molecule has 1 unspecified atom stereocenters. The van der Waals surface area contributed by atoms with E-state index in [-0.39, 0.29) is 11.6 Å². The molecule has 9 heteroatoms. The second-order valence-electron chi connectivity index (χ2n) is 7.86. The van der Waals surface area contributed by atoms with Gasteiger partial charge in [0.2, 0.25) is 12.2 Å². The molecule has 2 aromatic heterocycles. The smallest absolute Gasteiger partial charge is 0.214 e. The summed E-state index contributed by atoms with van der Waals surface area (Å²) < 4.78 is 32.2. The van der Waals surface area contributed by atoms with Gasteiger partial charge >= 0.3 is 0 Å². The first-order valence-corrected chi connectivity index (χ1v) is 11.6. The Morgan fingerprint density at radius 3 is 2.66 bits per heavy atom. The number of hydrogen-bond donors (Lipinski definition) is 1. The summed E-state index contributed by atoms with van der Waals surface area (Å²) >= 11 is 1.27. The molecule has 6 nitrogen and oxygen atoms in total. The predicted octanol–water partition coefficient (Wildman–Crippen LogP) is 3.69. The number of rotatable bonds is 3. The van der Waals surface area contributed by atoms with Crippen LogP contribution < -0.4 is 5.73 Å². The number of halogens is 1. The van der Waals surface area contributed by atoms with Crippen molar-refractivity contribution in [1.82, 2.24) is 10.1 Å². The van der Waals surface area contributed by atoms with E-state index in [2.05, 4.69) is 21.0 Å². The maximum Gasteiger partial charge on any atom is 0.214 e. The Balaban J connectivity index is 1.78. The van der Waals surface area contributed by atoms with Gasteiger partial charge in [0.15, 0.2) is 0 Å². The van der Waals surface area contributed by atoms with Crippen molar-refractivity contribution in [2.45, 2.75) is 31.1 Å². The molecule has 0 spiro atoms.